The molecule has 3 rings (SSSR count). The van der Waals surface area contributed by atoms with Crippen molar-refractivity contribution < 1.29 is 17.2 Å². The van der Waals surface area contributed by atoms with E-state index in [1.165, 1.54) is 17.1 Å². The normalized spacial score (nSPS) is 24.5. The average molecular weight is 372 g/mol. The van der Waals surface area contributed by atoms with Gasteiger partial charge in [0.25, 0.3) is 0 Å². The van der Waals surface area contributed by atoms with Gasteiger partial charge in [-0.05, 0) is 62.3 Å². The van der Waals surface area contributed by atoms with Crippen LogP contribution in [0.25, 0.3) is 0 Å². The predicted octanol–water partition coefficient (Wildman–Crippen LogP) is 3.10. The molecule has 0 unspecified atom stereocenters. The molecule has 0 radical (unpaired) electrons. The number of rotatable bonds is 4. The van der Waals surface area contributed by atoms with Crippen LogP contribution in [0.1, 0.15) is 32.6 Å². The molecule has 1 aromatic carbocycles. The largest absolute Gasteiger partial charge is 0.303 e. The molecule has 0 aliphatic carbocycles. The van der Waals surface area contributed by atoms with Gasteiger partial charge in [0.2, 0.25) is 10.0 Å². The summed E-state index contributed by atoms with van der Waals surface area (Å²) in [6, 6.07) is 2.77. The molecule has 2 fully saturated rings. The van der Waals surface area contributed by atoms with Crippen molar-refractivity contribution in [1.82, 2.24) is 9.21 Å². The topological polar surface area (TPSA) is 40.6 Å². The average Bonchev–Trinajstić information content (AvgIpc) is 2.58. The van der Waals surface area contributed by atoms with Crippen LogP contribution in [0.15, 0.2) is 23.1 Å². The lowest BCUT2D eigenvalue weighted by Crippen LogP contribution is -2.43. The fraction of sp³-hybridized carbons (Fsp3) is 0.667. The van der Waals surface area contributed by atoms with Crippen LogP contribution in [0.4, 0.5) is 8.78 Å². The highest BCUT2D eigenvalue weighted by molar-refractivity contribution is 7.89. The Morgan fingerprint density at radius 1 is 1.08 bits per heavy atom. The second-order valence-corrected chi connectivity index (χ2v) is 9.37. The first kappa shape index (κ1) is 18.7. The monoisotopic (exact) mass is 372 g/mol. The number of piperidine rings is 2. The van der Waals surface area contributed by atoms with Gasteiger partial charge in [-0.15, -0.1) is 0 Å². The summed E-state index contributed by atoms with van der Waals surface area (Å²) in [7, 11) is -3.75. The summed E-state index contributed by atoms with van der Waals surface area (Å²) in [5.41, 5.74) is 0. The molecular formula is C18H26F2N2O2S. The molecule has 0 bridgehead atoms. The summed E-state index contributed by atoms with van der Waals surface area (Å²) >= 11 is 0. The Balaban J connectivity index is 1.58. The smallest absolute Gasteiger partial charge is 0.243 e. The highest BCUT2D eigenvalue weighted by Crippen LogP contribution is 2.26. The lowest BCUT2D eigenvalue weighted by Gasteiger charge is -2.37. The molecule has 2 saturated heterocycles. The van der Waals surface area contributed by atoms with E-state index in [1.54, 1.807) is 0 Å². The molecule has 1 aromatic rings. The minimum absolute atomic E-state index is 0.172. The summed E-state index contributed by atoms with van der Waals surface area (Å²) < 4.78 is 53.0. The van der Waals surface area contributed by atoms with Crippen LogP contribution >= 0.6 is 0 Å². The van der Waals surface area contributed by atoms with Gasteiger partial charge < -0.3 is 4.90 Å². The van der Waals surface area contributed by atoms with E-state index in [0.717, 1.165) is 56.6 Å². The number of hydrogen-bond acceptors (Lipinski definition) is 3. The van der Waals surface area contributed by atoms with Gasteiger partial charge in [-0.2, -0.15) is 4.31 Å². The maximum atomic E-state index is 13.4. The maximum absolute atomic E-state index is 13.4. The van der Waals surface area contributed by atoms with Gasteiger partial charge in [0, 0.05) is 26.2 Å². The zero-order valence-corrected chi connectivity index (χ0v) is 15.4. The van der Waals surface area contributed by atoms with Crippen molar-refractivity contribution >= 4 is 10.0 Å². The van der Waals surface area contributed by atoms with E-state index >= 15 is 0 Å². The molecule has 7 heteroatoms. The van der Waals surface area contributed by atoms with Crippen molar-refractivity contribution in [2.24, 2.45) is 11.8 Å². The fourth-order valence-corrected chi connectivity index (χ4v) is 5.42. The Hall–Kier alpha value is -1.05. The third-order valence-electron chi connectivity index (χ3n) is 5.36. The number of halogens is 2. The van der Waals surface area contributed by atoms with Gasteiger partial charge in [-0.1, -0.05) is 6.92 Å². The summed E-state index contributed by atoms with van der Waals surface area (Å²) in [6.07, 6.45) is 4.16. The first-order valence-corrected chi connectivity index (χ1v) is 10.5. The van der Waals surface area contributed by atoms with Crippen LogP contribution in [0, 0.1) is 23.5 Å². The Bertz CT molecular complexity index is 703. The standard InChI is InChI=1S/C18H26F2N2O2S/c1-14-3-2-8-21(12-14)13-15-6-9-22(10-7-15)25(23,24)16-4-5-17(19)18(20)11-16/h4-5,11,14-15H,2-3,6-10,12-13H2,1H3/t14-/m0/s1. The molecule has 0 spiro atoms. The predicted molar refractivity (Wildman–Crippen MR) is 92.7 cm³/mol. The first-order valence-electron chi connectivity index (χ1n) is 9.04. The minimum atomic E-state index is -3.75. The molecule has 1 atom stereocenters. The number of benzene rings is 1. The maximum Gasteiger partial charge on any atom is 0.243 e. The summed E-state index contributed by atoms with van der Waals surface area (Å²) in [4.78, 5) is 2.33. The molecule has 0 aromatic heterocycles. The quantitative estimate of drug-likeness (QED) is 0.815. The lowest BCUT2D eigenvalue weighted by atomic mass is 9.94. The molecule has 0 amide bonds. The highest BCUT2D eigenvalue weighted by Gasteiger charge is 2.31. The van der Waals surface area contributed by atoms with E-state index in [4.69, 9.17) is 0 Å². The molecular weight excluding hydrogens is 346 g/mol. The van der Waals surface area contributed by atoms with Crippen molar-refractivity contribution in [2.45, 2.75) is 37.5 Å². The van der Waals surface area contributed by atoms with Crippen molar-refractivity contribution in [3.05, 3.63) is 29.8 Å². The van der Waals surface area contributed by atoms with E-state index in [2.05, 4.69) is 11.8 Å². The van der Waals surface area contributed by atoms with Crippen molar-refractivity contribution in [3.63, 3.8) is 0 Å². The third kappa shape index (κ3) is 4.38. The van der Waals surface area contributed by atoms with Gasteiger partial charge in [-0.25, -0.2) is 17.2 Å². The highest BCUT2D eigenvalue weighted by atomic mass is 32.2. The van der Waals surface area contributed by atoms with E-state index < -0.39 is 21.7 Å². The molecule has 2 heterocycles. The van der Waals surface area contributed by atoms with Gasteiger partial charge in [0.05, 0.1) is 4.90 Å². The first-order chi connectivity index (χ1) is 11.9. The van der Waals surface area contributed by atoms with Crippen LogP contribution in [-0.2, 0) is 10.0 Å². The lowest BCUT2D eigenvalue weighted by molar-refractivity contribution is 0.136. The van der Waals surface area contributed by atoms with Crippen molar-refractivity contribution in [2.75, 3.05) is 32.7 Å². The zero-order valence-electron chi connectivity index (χ0n) is 14.6. The minimum Gasteiger partial charge on any atom is -0.303 e. The molecule has 25 heavy (non-hydrogen) atoms. The molecule has 0 N–H and O–H groups in total. The Morgan fingerprint density at radius 2 is 1.80 bits per heavy atom. The second kappa shape index (κ2) is 7.68. The number of nitrogens with zero attached hydrogens (tertiary/aromatic N) is 2. The third-order valence-corrected chi connectivity index (χ3v) is 7.25. The molecule has 0 saturated carbocycles. The Kier molecular flexibility index (Phi) is 5.75. The van der Waals surface area contributed by atoms with Crippen molar-refractivity contribution in [3.8, 4) is 0 Å². The second-order valence-electron chi connectivity index (χ2n) is 7.43. The summed E-state index contributed by atoms with van der Waals surface area (Å²) in [6.45, 7) is 6.46. The van der Waals surface area contributed by atoms with Gasteiger partial charge >= 0.3 is 0 Å². The van der Waals surface area contributed by atoms with E-state index in [0.29, 0.717) is 19.0 Å². The van der Waals surface area contributed by atoms with Gasteiger partial charge in [0.15, 0.2) is 11.6 Å². The summed E-state index contributed by atoms with van der Waals surface area (Å²) in [5.74, 6) is -0.923. The van der Waals surface area contributed by atoms with Gasteiger partial charge in [0.1, 0.15) is 0 Å². The number of sulfonamides is 1. The molecule has 140 valence electrons. The number of likely N-dealkylation sites (tertiary alicyclic amines) is 1. The SMILES string of the molecule is C[C@H]1CCCN(CC2CCN(S(=O)(=O)c3ccc(F)c(F)c3)CC2)C1. The van der Waals surface area contributed by atoms with Crippen molar-refractivity contribution in [1.29, 1.82) is 0 Å². The Morgan fingerprint density at radius 3 is 2.44 bits per heavy atom. The molecule has 2 aliphatic heterocycles. The fourth-order valence-electron chi connectivity index (χ4n) is 3.94. The van der Waals surface area contributed by atoms with Crippen LogP contribution < -0.4 is 0 Å². The Labute approximate surface area is 148 Å². The van der Waals surface area contributed by atoms with Crippen LogP contribution in [-0.4, -0.2) is 50.3 Å². The van der Waals surface area contributed by atoms with E-state index in [-0.39, 0.29) is 4.90 Å². The van der Waals surface area contributed by atoms with E-state index in [1.807, 2.05) is 0 Å². The van der Waals surface area contributed by atoms with Gasteiger partial charge in [-0.3, -0.25) is 0 Å². The van der Waals surface area contributed by atoms with Crippen LogP contribution in [0.5, 0.6) is 0 Å². The van der Waals surface area contributed by atoms with E-state index in [9.17, 15) is 17.2 Å². The summed E-state index contributed by atoms with van der Waals surface area (Å²) in [5, 5.41) is 0. The van der Waals surface area contributed by atoms with Crippen LogP contribution in [0.3, 0.4) is 0 Å². The molecule has 2 aliphatic rings. The molecule has 4 nitrogen and oxygen atoms in total. The number of hydrogen-bond donors (Lipinski definition) is 0. The van der Waals surface area contributed by atoms with Crippen LogP contribution in [0.2, 0.25) is 0 Å². The zero-order chi connectivity index (χ0) is 18.0.